The van der Waals surface area contributed by atoms with Gasteiger partial charge < -0.3 is 10.0 Å². The number of carboxylic acids is 1. The third-order valence-corrected chi connectivity index (χ3v) is 4.23. The Kier molecular flexibility index (Phi) is 3.81. The van der Waals surface area contributed by atoms with Crippen molar-refractivity contribution < 1.29 is 9.90 Å². The number of benzene rings is 1. The van der Waals surface area contributed by atoms with E-state index in [1.165, 1.54) is 0 Å². The van der Waals surface area contributed by atoms with Crippen LogP contribution < -0.4 is 4.90 Å². The zero-order valence-corrected chi connectivity index (χ0v) is 12.3. The van der Waals surface area contributed by atoms with Crippen molar-refractivity contribution in [3.8, 4) is 6.07 Å². The molecule has 0 spiro atoms. The molecular weight excluding hydrogens is 308 g/mol. The first kappa shape index (κ1) is 13.9. The van der Waals surface area contributed by atoms with Gasteiger partial charge in [-0.1, -0.05) is 15.9 Å². The smallest absolute Gasteiger partial charge is 0.324 e. The lowest BCUT2D eigenvalue weighted by molar-refractivity contribution is -0.146. The highest BCUT2D eigenvalue weighted by Gasteiger charge is 2.42. The van der Waals surface area contributed by atoms with Crippen molar-refractivity contribution in [1.82, 2.24) is 0 Å². The Hall–Kier alpha value is -1.54. The highest BCUT2D eigenvalue weighted by atomic mass is 79.9. The first-order valence-corrected chi connectivity index (χ1v) is 6.93. The van der Waals surface area contributed by atoms with E-state index in [1.807, 2.05) is 31.2 Å². The third-order valence-electron chi connectivity index (χ3n) is 3.74. The van der Waals surface area contributed by atoms with Gasteiger partial charge >= 0.3 is 5.97 Å². The van der Waals surface area contributed by atoms with Crippen molar-refractivity contribution in [3.63, 3.8) is 0 Å². The molecule has 1 saturated heterocycles. The number of hydrogen-bond acceptors (Lipinski definition) is 3. The molecule has 0 saturated carbocycles. The minimum atomic E-state index is -1.21. The zero-order chi connectivity index (χ0) is 14.0. The first-order chi connectivity index (χ1) is 8.98. The predicted octanol–water partition coefficient (Wildman–Crippen LogP) is 2.95. The fraction of sp³-hybridized carbons (Fsp3) is 0.429. The van der Waals surface area contributed by atoms with Gasteiger partial charge in [-0.25, -0.2) is 0 Å². The molecule has 19 heavy (non-hydrogen) atoms. The van der Waals surface area contributed by atoms with Crippen molar-refractivity contribution >= 4 is 27.6 Å². The van der Waals surface area contributed by atoms with Crippen LogP contribution in [0.3, 0.4) is 0 Å². The Morgan fingerprint density at radius 3 is 2.58 bits per heavy atom. The Balaban J connectivity index is 2.16. The number of carbonyl (C=O) groups is 1. The van der Waals surface area contributed by atoms with Crippen LogP contribution in [0.5, 0.6) is 0 Å². The maximum Gasteiger partial charge on any atom is 0.324 e. The number of piperidine rings is 1. The van der Waals surface area contributed by atoms with Gasteiger partial charge in [-0.05, 0) is 43.5 Å². The molecule has 0 aliphatic carbocycles. The number of carboxylic acid groups (broad SMARTS) is 1. The molecule has 5 heteroatoms. The molecule has 1 aromatic carbocycles. The van der Waals surface area contributed by atoms with E-state index in [0.717, 1.165) is 15.7 Å². The van der Waals surface area contributed by atoms with Gasteiger partial charge in [-0.3, -0.25) is 4.79 Å². The molecular formula is C14H15BrN2O2. The van der Waals surface area contributed by atoms with E-state index in [0.29, 0.717) is 25.9 Å². The van der Waals surface area contributed by atoms with Crippen LogP contribution >= 0.6 is 15.9 Å². The maximum absolute atomic E-state index is 11.2. The van der Waals surface area contributed by atoms with Gasteiger partial charge in [0.1, 0.15) is 0 Å². The molecule has 1 aliphatic rings. The van der Waals surface area contributed by atoms with E-state index in [1.54, 1.807) is 0 Å². The summed E-state index contributed by atoms with van der Waals surface area (Å²) in [5, 5.41) is 18.3. The predicted molar refractivity (Wildman–Crippen MR) is 76.0 cm³/mol. The van der Waals surface area contributed by atoms with E-state index in [2.05, 4.69) is 20.8 Å². The molecule has 0 aromatic heterocycles. The molecule has 4 nitrogen and oxygen atoms in total. The number of aliphatic carboxylic acids is 1. The van der Waals surface area contributed by atoms with Crippen molar-refractivity contribution in [2.45, 2.75) is 19.8 Å². The monoisotopic (exact) mass is 322 g/mol. The van der Waals surface area contributed by atoms with Gasteiger partial charge in [0.25, 0.3) is 0 Å². The quantitative estimate of drug-likeness (QED) is 0.909. The van der Waals surface area contributed by atoms with Crippen molar-refractivity contribution in [1.29, 1.82) is 5.26 Å². The summed E-state index contributed by atoms with van der Waals surface area (Å²) < 4.78 is 1.03. The molecule has 0 atom stereocenters. The van der Waals surface area contributed by atoms with Gasteiger partial charge in [0.05, 0.1) is 6.07 Å². The molecule has 1 aromatic rings. The molecule has 1 aliphatic heterocycles. The molecule has 1 heterocycles. The lowest BCUT2D eigenvalue weighted by atomic mass is 9.79. The topological polar surface area (TPSA) is 64.3 Å². The average molecular weight is 323 g/mol. The Morgan fingerprint density at radius 1 is 1.47 bits per heavy atom. The lowest BCUT2D eigenvalue weighted by Crippen LogP contribution is -2.43. The van der Waals surface area contributed by atoms with E-state index in [-0.39, 0.29) is 0 Å². The van der Waals surface area contributed by atoms with Crippen LogP contribution in [0.4, 0.5) is 5.69 Å². The summed E-state index contributed by atoms with van der Waals surface area (Å²) >= 11 is 3.43. The number of nitriles is 1. The van der Waals surface area contributed by atoms with Gasteiger partial charge in [-0.15, -0.1) is 0 Å². The SMILES string of the molecule is Cc1cc(Br)ccc1N1CCC(C#N)(C(=O)O)CC1. The van der Waals surface area contributed by atoms with E-state index in [9.17, 15) is 9.90 Å². The van der Waals surface area contributed by atoms with Crippen LogP contribution in [-0.2, 0) is 4.79 Å². The lowest BCUT2D eigenvalue weighted by Gasteiger charge is -2.36. The van der Waals surface area contributed by atoms with Crippen LogP contribution in [0.1, 0.15) is 18.4 Å². The van der Waals surface area contributed by atoms with Gasteiger partial charge in [0, 0.05) is 23.2 Å². The molecule has 0 radical (unpaired) electrons. The van der Waals surface area contributed by atoms with Crippen molar-refractivity contribution in [2.24, 2.45) is 5.41 Å². The molecule has 2 rings (SSSR count). The fourth-order valence-corrected chi connectivity index (χ4v) is 2.95. The van der Waals surface area contributed by atoms with Crippen LogP contribution in [0.2, 0.25) is 0 Å². The summed E-state index contributed by atoms with van der Waals surface area (Å²) in [4.78, 5) is 13.4. The number of halogens is 1. The van der Waals surface area contributed by atoms with E-state index < -0.39 is 11.4 Å². The minimum absolute atomic E-state index is 0.369. The van der Waals surface area contributed by atoms with Gasteiger partial charge in [0.2, 0.25) is 0 Å². The maximum atomic E-state index is 11.2. The molecule has 1 N–H and O–H groups in total. The van der Waals surface area contributed by atoms with Gasteiger partial charge in [-0.2, -0.15) is 5.26 Å². The fourth-order valence-electron chi connectivity index (χ4n) is 2.48. The third kappa shape index (κ3) is 2.59. The number of aryl methyl sites for hydroxylation is 1. The van der Waals surface area contributed by atoms with Gasteiger partial charge in [0.15, 0.2) is 5.41 Å². The second-order valence-corrected chi connectivity index (χ2v) is 5.83. The van der Waals surface area contributed by atoms with E-state index in [4.69, 9.17) is 5.26 Å². The number of nitrogens with zero attached hydrogens (tertiary/aromatic N) is 2. The van der Waals surface area contributed by atoms with E-state index >= 15 is 0 Å². The summed E-state index contributed by atoms with van der Waals surface area (Å²) in [5.74, 6) is -0.998. The second-order valence-electron chi connectivity index (χ2n) is 4.92. The van der Waals surface area contributed by atoms with Crippen LogP contribution in [0.25, 0.3) is 0 Å². The summed E-state index contributed by atoms with van der Waals surface area (Å²) in [6.45, 7) is 3.23. The molecule has 0 bridgehead atoms. The minimum Gasteiger partial charge on any atom is -0.480 e. The van der Waals surface area contributed by atoms with Crippen LogP contribution in [-0.4, -0.2) is 24.2 Å². The number of anilines is 1. The summed E-state index contributed by atoms with van der Waals surface area (Å²) in [6.07, 6.45) is 0.739. The molecule has 0 unspecified atom stereocenters. The first-order valence-electron chi connectivity index (χ1n) is 6.14. The standard InChI is InChI=1S/C14H15BrN2O2/c1-10-8-11(15)2-3-12(10)17-6-4-14(9-16,5-7-17)13(18)19/h2-3,8H,4-7H2,1H3,(H,18,19). The largest absolute Gasteiger partial charge is 0.480 e. The van der Waals surface area contributed by atoms with Crippen LogP contribution in [0, 0.1) is 23.7 Å². The number of rotatable bonds is 2. The highest BCUT2D eigenvalue weighted by Crippen LogP contribution is 2.34. The number of hydrogen-bond donors (Lipinski definition) is 1. The summed E-state index contributed by atoms with van der Waals surface area (Å²) in [7, 11) is 0. The van der Waals surface area contributed by atoms with Crippen molar-refractivity contribution in [3.05, 3.63) is 28.2 Å². The summed E-state index contributed by atoms with van der Waals surface area (Å²) in [6, 6.07) is 8.02. The van der Waals surface area contributed by atoms with Crippen molar-refractivity contribution in [2.75, 3.05) is 18.0 Å². The summed E-state index contributed by atoms with van der Waals surface area (Å²) in [5.41, 5.74) is 1.05. The molecule has 100 valence electrons. The average Bonchev–Trinajstić information content (AvgIpc) is 2.39. The Labute approximate surface area is 120 Å². The second kappa shape index (κ2) is 5.22. The zero-order valence-electron chi connectivity index (χ0n) is 10.7. The molecule has 0 amide bonds. The normalized spacial score (nSPS) is 17.8. The Morgan fingerprint density at radius 2 is 2.11 bits per heavy atom. The highest BCUT2D eigenvalue weighted by molar-refractivity contribution is 9.10. The van der Waals surface area contributed by atoms with Crippen LogP contribution in [0.15, 0.2) is 22.7 Å². The molecule has 1 fully saturated rings. The Bertz CT molecular complexity index is 543.